The van der Waals surface area contributed by atoms with E-state index in [4.69, 9.17) is 27.9 Å². The fourth-order valence-corrected chi connectivity index (χ4v) is 5.67. The lowest BCUT2D eigenvalue weighted by Gasteiger charge is -2.40. The van der Waals surface area contributed by atoms with Gasteiger partial charge in [0, 0.05) is 42.3 Å². The highest BCUT2D eigenvalue weighted by Crippen LogP contribution is 2.40. The Labute approximate surface area is 231 Å². The molecule has 2 N–H and O–H groups in total. The number of amides is 1. The standard InChI is InChI=1S/C29H30Cl2FN3O3/c1-38-21-5-2-19(3-6-21)17-35-27(36)11-7-22-25(9-8-23(31)28(22)35)33-18-29(37)12-14-34(15-13-29)26-10-4-20(30)16-24(26)32/h2-6,8-10,16,33,37H,7,11-15,17-18H2,1H3. The topological polar surface area (TPSA) is 65.0 Å². The summed E-state index contributed by atoms with van der Waals surface area (Å²) in [5.41, 5.74) is 3.06. The first-order valence-electron chi connectivity index (χ1n) is 12.7. The predicted molar refractivity (Wildman–Crippen MR) is 150 cm³/mol. The summed E-state index contributed by atoms with van der Waals surface area (Å²) in [6, 6.07) is 16.0. The molecule has 2 aliphatic heterocycles. The molecular weight excluding hydrogens is 528 g/mol. The molecule has 3 aromatic rings. The Morgan fingerprint density at radius 1 is 1.05 bits per heavy atom. The summed E-state index contributed by atoms with van der Waals surface area (Å²) in [5, 5.41) is 15.6. The van der Waals surface area contributed by atoms with Crippen molar-refractivity contribution in [2.45, 2.75) is 37.8 Å². The zero-order chi connectivity index (χ0) is 26.9. The van der Waals surface area contributed by atoms with Crippen LogP contribution in [-0.2, 0) is 17.8 Å². The van der Waals surface area contributed by atoms with Gasteiger partial charge in [0.05, 0.1) is 35.7 Å². The largest absolute Gasteiger partial charge is 0.497 e. The smallest absolute Gasteiger partial charge is 0.227 e. The van der Waals surface area contributed by atoms with E-state index in [0.29, 0.717) is 73.3 Å². The first-order valence-corrected chi connectivity index (χ1v) is 13.4. The Bertz CT molecular complexity index is 1330. The maximum atomic E-state index is 14.4. The zero-order valence-corrected chi connectivity index (χ0v) is 22.7. The molecule has 0 atom stereocenters. The number of hydrogen-bond donors (Lipinski definition) is 2. The molecule has 200 valence electrons. The highest BCUT2D eigenvalue weighted by molar-refractivity contribution is 6.34. The minimum Gasteiger partial charge on any atom is -0.497 e. The van der Waals surface area contributed by atoms with Gasteiger partial charge in [-0.2, -0.15) is 0 Å². The van der Waals surface area contributed by atoms with Gasteiger partial charge in [0.25, 0.3) is 0 Å². The van der Waals surface area contributed by atoms with E-state index in [1.165, 1.54) is 6.07 Å². The number of methoxy groups -OCH3 is 1. The number of anilines is 3. The maximum absolute atomic E-state index is 14.4. The molecule has 1 amide bonds. The van der Waals surface area contributed by atoms with Crippen LogP contribution in [0.2, 0.25) is 10.0 Å². The molecule has 5 rings (SSSR count). The number of rotatable bonds is 7. The maximum Gasteiger partial charge on any atom is 0.227 e. The van der Waals surface area contributed by atoms with Crippen LogP contribution in [0.25, 0.3) is 0 Å². The van der Waals surface area contributed by atoms with Gasteiger partial charge in [-0.05, 0) is 67.3 Å². The van der Waals surface area contributed by atoms with Gasteiger partial charge >= 0.3 is 0 Å². The van der Waals surface area contributed by atoms with E-state index in [1.54, 1.807) is 30.2 Å². The number of nitrogens with zero attached hydrogens (tertiary/aromatic N) is 2. The second-order valence-electron chi connectivity index (χ2n) is 9.91. The summed E-state index contributed by atoms with van der Waals surface area (Å²) < 4.78 is 19.6. The zero-order valence-electron chi connectivity index (χ0n) is 21.1. The average molecular weight is 558 g/mol. The Kier molecular flexibility index (Phi) is 7.70. The molecule has 2 heterocycles. The molecule has 0 bridgehead atoms. The number of carbonyl (C=O) groups is 1. The molecule has 2 aliphatic rings. The van der Waals surface area contributed by atoms with Gasteiger partial charge in [-0.25, -0.2) is 4.39 Å². The number of halogens is 3. The quantitative estimate of drug-likeness (QED) is 0.369. The lowest BCUT2D eigenvalue weighted by atomic mass is 9.90. The number of ether oxygens (including phenoxy) is 1. The van der Waals surface area contributed by atoms with Crippen LogP contribution in [0.5, 0.6) is 5.75 Å². The van der Waals surface area contributed by atoms with Gasteiger partial charge in [0.1, 0.15) is 11.6 Å². The van der Waals surface area contributed by atoms with Crippen LogP contribution in [0, 0.1) is 5.82 Å². The van der Waals surface area contributed by atoms with E-state index >= 15 is 0 Å². The van der Waals surface area contributed by atoms with Gasteiger partial charge in [-0.1, -0.05) is 35.3 Å². The Morgan fingerprint density at radius 2 is 1.79 bits per heavy atom. The van der Waals surface area contributed by atoms with E-state index in [-0.39, 0.29) is 11.7 Å². The number of piperidine rings is 1. The summed E-state index contributed by atoms with van der Waals surface area (Å²) >= 11 is 12.5. The monoisotopic (exact) mass is 557 g/mol. The van der Waals surface area contributed by atoms with Crippen molar-refractivity contribution in [3.63, 3.8) is 0 Å². The Balaban J connectivity index is 1.29. The van der Waals surface area contributed by atoms with Gasteiger partial charge in [0.15, 0.2) is 0 Å². The van der Waals surface area contributed by atoms with Crippen LogP contribution in [0.3, 0.4) is 0 Å². The lowest BCUT2D eigenvalue weighted by molar-refractivity contribution is -0.119. The molecule has 3 aromatic carbocycles. The summed E-state index contributed by atoms with van der Waals surface area (Å²) in [6.45, 7) is 1.80. The van der Waals surface area contributed by atoms with Crippen LogP contribution < -0.4 is 19.9 Å². The number of benzene rings is 3. The number of aliphatic hydroxyl groups is 1. The lowest BCUT2D eigenvalue weighted by Crippen LogP contribution is -2.48. The van der Waals surface area contributed by atoms with Crippen molar-refractivity contribution < 1.29 is 19.0 Å². The van der Waals surface area contributed by atoms with Gasteiger partial charge in [-0.15, -0.1) is 0 Å². The van der Waals surface area contributed by atoms with Gasteiger partial charge < -0.3 is 25.0 Å². The first kappa shape index (κ1) is 26.6. The fourth-order valence-electron chi connectivity index (χ4n) is 5.23. The molecule has 0 saturated carbocycles. The third-order valence-electron chi connectivity index (χ3n) is 7.45. The number of hydrogen-bond acceptors (Lipinski definition) is 5. The number of nitrogens with one attached hydrogen (secondary N) is 1. The minimum absolute atomic E-state index is 0.0211. The van der Waals surface area contributed by atoms with Crippen molar-refractivity contribution in [2.24, 2.45) is 0 Å². The molecule has 0 aromatic heterocycles. The fraction of sp³-hybridized carbons (Fsp3) is 0.345. The van der Waals surface area contributed by atoms with Crippen LogP contribution in [0.15, 0.2) is 54.6 Å². The number of fused-ring (bicyclic) bond motifs is 1. The van der Waals surface area contributed by atoms with E-state index in [9.17, 15) is 14.3 Å². The van der Waals surface area contributed by atoms with Crippen molar-refractivity contribution in [1.29, 1.82) is 0 Å². The van der Waals surface area contributed by atoms with Crippen molar-refractivity contribution in [3.8, 4) is 5.75 Å². The molecule has 0 aliphatic carbocycles. The molecule has 38 heavy (non-hydrogen) atoms. The molecule has 6 nitrogen and oxygen atoms in total. The van der Waals surface area contributed by atoms with Crippen LogP contribution >= 0.6 is 23.2 Å². The van der Waals surface area contributed by atoms with Crippen molar-refractivity contribution in [3.05, 3.63) is 81.6 Å². The average Bonchev–Trinajstić information content (AvgIpc) is 2.91. The molecule has 9 heteroatoms. The molecule has 1 fully saturated rings. The van der Waals surface area contributed by atoms with Crippen LogP contribution in [0.1, 0.15) is 30.4 Å². The van der Waals surface area contributed by atoms with Crippen molar-refractivity contribution >= 4 is 46.2 Å². The first-order chi connectivity index (χ1) is 18.3. The predicted octanol–water partition coefficient (Wildman–Crippen LogP) is 6.06. The van der Waals surface area contributed by atoms with E-state index in [1.807, 2.05) is 35.2 Å². The van der Waals surface area contributed by atoms with Gasteiger partial charge in [-0.3, -0.25) is 4.79 Å². The van der Waals surface area contributed by atoms with E-state index < -0.39 is 5.60 Å². The summed E-state index contributed by atoms with van der Waals surface area (Å²) in [6.07, 6.45) is 1.92. The molecule has 0 unspecified atom stereocenters. The van der Waals surface area contributed by atoms with Crippen molar-refractivity contribution in [2.75, 3.05) is 41.9 Å². The molecule has 0 radical (unpaired) electrons. The normalized spacial score (nSPS) is 16.8. The van der Waals surface area contributed by atoms with Crippen LogP contribution in [0.4, 0.5) is 21.5 Å². The Hall–Kier alpha value is -3.00. The van der Waals surface area contributed by atoms with Crippen LogP contribution in [-0.4, -0.2) is 43.4 Å². The highest BCUT2D eigenvalue weighted by Gasteiger charge is 2.34. The van der Waals surface area contributed by atoms with Gasteiger partial charge in [0.2, 0.25) is 5.91 Å². The van der Waals surface area contributed by atoms with E-state index in [2.05, 4.69) is 5.32 Å². The summed E-state index contributed by atoms with van der Waals surface area (Å²) in [7, 11) is 1.62. The Morgan fingerprint density at radius 3 is 2.47 bits per heavy atom. The molecule has 0 spiro atoms. The highest BCUT2D eigenvalue weighted by atomic mass is 35.5. The molecule has 1 saturated heterocycles. The third kappa shape index (κ3) is 5.55. The van der Waals surface area contributed by atoms with Crippen molar-refractivity contribution in [1.82, 2.24) is 0 Å². The summed E-state index contributed by atoms with van der Waals surface area (Å²) in [5.74, 6) is 0.418. The second-order valence-corrected chi connectivity index (χ2v) is 10.8. The SMILES string of the molecule is COc1ccc(CN2C(=O)CCc3c(NCC4(O)CCN(c5ccc(Cl)cc5F)CC4)ccc(Cl)c32)cc1. The molecular formula is C29H30Cl2FN3O3. The minimum atomic E-state index is -0.945. The third-order valence-corrected chi connectivity index (χ3v) is 7.99. The second kappa shape index (κ2) is 11.0. The summed E-state index contributed by atoms with van der Waals surface area (Å²) in [4.78, 5) is 16.6. The van der Waals surface area contributed by atoms with E-state index in [0.717, 1.165) is 22.6 Å². The number of carbonyl (C=O) groups excluding carboxylic acids is 1.